The van der Waals surface area contributed by atoms with E-state index < -0.39 is 17.9 Å². The maximum Gasteiger partial charge on any atom is 0.407 e. The van der Waals surface area contributed by atoms with Gasteiger partial charge in [-0.05, 0) is 30.4 Å². The molecule has 1 aromatic carbocycles. The number of carboxylic acid groups (broad SMARTS) is 1. The molecule has 1 aromatic rings. The van der Waals surface area contributed by atoms with Crippen molar-refractivity contribution < 1.29 is 19.2 Å². The van der Waals surface area contributed by atoms with E-state index in [9.17, 15) is 19.2 Å². The van der Waals surface area contributed by atoms with Crippen molar-refractivity contribution in [2.24, 2.45) is 11.3 Å². The number of halogens is 1. The second kappa shape index (κ2) is 6.56. The number of anilines is 1. The summed E-state index contributed by atoms with van der Waals surface area (Å²) in [5.74, 6) is -1.12. The van der Waals surface area contributed by atoms with Crippen molar-refractivity contribution in [2.75, 3.05) is 11.7 Å². The minimum absolute atomic E-state index is 0.181. The number of piperidine rings is 1. The number of para-hydroxylation sites is 1. The predicted molar refractivity (Wildman–Crippen MR) is 85.7 cm³/mol. The third-order valence-electron chi connectivity index (χ3n) is 4.37. The molecule has 2 rings (SSSR count). The average molecular weight is 322 g/mol. The number of hydrogen-bond acceptors (Lipinski definition) is 2. The molecule has 0 spiro atoms. The summed E-state index contributed by atoms with van der Waals surface area (Å²) in [6.07, 6.45) is -0.316. The Bertz CT molecular complexity index is 571. The molecular formula is C17H23FN2O3. The van der Waals surface area contributed by atoms with Gasteiger partial charge < -0.3 is 10.0 Å². The monoisotopic (exact) mass is 322 g/mol. The fourth-order valence-corrected chi connectivity index (χ4v) is 3.09. The first-order chi connectivity index (χ1) is 10.7. The molecule has 2 atom stereocenters. The lowest BCUT2D eigenvalue weighted by Crippen LogP contribution is -2.53. The van der Waals surface area contributed by atoms with Gasteiger partial charge in [-0.3, -0.25) is 4.79 Å². The Morgan fingerprint density at radius 3 is 2.39 bits per heavy atom. The van der Waals surface area contributed by atoms with Crippen LogP contribution < -0.4 is 5.12 Å². The highest BCUT2D eigenvalue weighted by atomic mass is 19.2. The van der Waals surface area contributed by atoms with E-state index in [1.165, 1.54) is 17.0 Å². The van der Waals surface area contributed by atoms with Gasteiger partial charge in [0.15, 0.2) is 0 Å². The van der Waals surface area contributed by atoms with Crippen molar-refractivity contribution >= 4 is 17.7 Å². The Morgan fingerprint density at radius 2 is 1.87 bits per heavy atom. The summed E-state index contributed by atoms with van der Waals surface area (Å²) in [4.78, 5) is 25.2. The largest absolute Gasteiger partial charge is 0.465 e. The lowest BCUT2D eigenvalue weighted by molar-refractivity contribution is -0.127. The third kappa shape index (κ3) is 3.81. The molecule has 23 heavy (non-hydrogen) atoms. The molecule has 1 aliphatic rings. The highest BCUT2D eigenvalue weighted by molar-refractivity contribution is 5.93. The highest BCUT2D eigenvalue weighted by Crippen LogP contribution is 2.36. The molecule has 1 aliphatic heterocycles. The van der Waals surface area contributed by atoms with Gasteiger partial charge in [0.2, 0.25) is 0 Å². The molecule has 0 saturated carbocycles. The molecule has 2 unspecified atom stereocenters. The number of amides is 2. The van der Waals surface area contributed by atoms with E-state index >= 15 is 0 Å². The van der Waals surface area contributed by atoms with Crippen molar-refractivity contribution in [1.82, 2.24) is 4.90 Å². The van der Waals surface area contributed by atoms with E-state index in [0.29, 0.717) is 12.8 Å². The zero-order valence-electron chi connectivity index (χ0n) is 13.7. The second-order valence-electron chi connectivity index (χ2n) is 7.03. The molecule has 1 fully saturated rings. The maximum absolute atomic E-state index is 14.3. The summed E-state index contributed by atoms with van der Waals surface area (Å²) < 4.78 is 14.3. The minimum atomic E-state index is -0.990. The van der Waals surface area contributed by atoms with Crippen molar-refractivity contribution in [3.05, 3.63) is 30.3 Å². The van der Waals surface area contributed by atoms with Gasteiger partial charge in [-0.2, -0.15) is 0 Å². The first kappa shape index (κ1) is 17.2. The molecule has 5 nitrogen and oxygen atoms in total. The van der Waals surface area contributed by atoms with E-state index in [4.69, 9.17) is 0 Å². The van der Waals surface area contributed by atoms with E-state index in [1.807, 2.05) is 20.8 Å². The van der Waals surface area contributed by atoms with Gasteiger partial charge in [-0.25, -0.2) is 4.79 Å². The lowest BCUT2D eigenvalue weighted by Gasteiger charge is -2.44. The van der Waals surface area contributed by atoms with Gasteiger partial charge in [0.25, 0.3) is 5.91 Å². The zero-order valence-corrected chi connectivity index (χ0v) is 13.7. The summed E-state index contributed by atoms with van der Waals surface area (Å²) in [7, 11) is 0. The van der Waals surface area contributed by atoms with Crippen molar-refractivity contribution in [1.29, 1.82) is 0 Å². The molecule has 1 saturated heterocycles. The fourth-order valence-electron chi connectivity index (χ4n) is 3.09. The van der Waals surface area contributed by atoms with Crippen molar-refractivity contribution in [2.45, 2.75) is 39.7 Å². The molecule has 0 aliphatic carbocycles. The van der Waals surface area contributed by atoms with Gasteiger partial charge in [-0.15, -0.1) is 5.12 Å². The average Bonchev–Trinajstić information content (AvgIpc) is 2.52. The van der Waals surface area contributed by atoms with Crippen LogP contribution in [0.1, 0.15) is 33.6 Å². The lowest BCUT2D eigenvalue weighted by atomic mass is 9.77. The Morgan fingerprint density at radius 1 is 1.26 bits per heavy atom. The summed E-state index contributed by atoms with van der Waals surface area (Å²) in [5, 5.41) is 9.52. The predicted octanol–water partition coefficient (Wildman–Crippen LogP) is 3.71. The topological polar surface area (TPSA) is 60.9 Å². The van der Waals surface area contributed by atoms with Gasteiger partial charge in [0.1, 0.15) is 0 Å². The second-order valence-corrected chi connectivity index (χ2v) is 7.03. The van der Waals surface area contributed by atoms with Crippen LogP contribution in [0.2, 0.25) is 0 Å². The Kier molecular flexibility index (Phi) is 4.92. The smallest absolute Gasteiger partial charge is 0.407 e. The van der Waals surface area contributed by atoms with E-state index in [2.05, 4.69) is 0 Å². The molecule has 1 N–H and O–H groups in total. The Balaban J connectivity index is 2.15. The molecule has 126 valence electrons. The Hall–Kier alpha value is -2.11. The number of rotatable bonds is 2. The molecule has 1 heterocycles. The van der Waals surface area contributed by atoms with Gasteiger partial charge in [0, 0.05) is 18.5 Å². The summed E-state index contributed by atoms with van der Waals surface area (Å²) in [5.41, 5.74) is -0.115. The van der Waals surface area contributed by atoms with E-state index in [-0.39, 0.29) is 28.8 Å². The summed E-state index contributed by atoms with van der Waals surface area (Å²) >= 11 is 0. The van der Waals surface area contributed by atoms with Gasteiger partial charge in [-0.1, -0.05) is 43.5 Å². The zero-order chi connectivity index (χ0) is 17.2. The standard InChI is InChI=1S/C17H23FN2O3/c1-17(2,3)14-11-12(9-10-19(14)16(22)23)15(21)20(18)13-7-5-4-6-8-13/h4-8,12,14H,9-11H2,1-3H3,(H,22,23). The quantitative estimate of drug-likeness (QED) is 0.844. The molecular weight excluding hydrogens is 299 g/mol. The molecule has 2 amide bonds. The van der Waals surface area contributed by atoms with Crippen LogP contribution in [0, 0.1) is 11.3 Å². The van der Waals surface area contributed by atoms with Crippen molar-refractivity contribution in [3.8, 4) is 0 Å². The Labute approximate surface area is 135 Å². The number of carbonyl (C=O) groups excluding carboxylic acids is 1. The number of carbonyl (C=O) groups is 2. The normalized spacial score (nSPS) is 21.8. The highest BCUT2D eigenvalue weighted by Gasteiger charge is 2.42. The number of nitrogens with zero attached hydrogens (tertiary/aromatic N) is 2. The van der Waals surface area contributed by atoms with E-state index in [0.717, 1.165) is 0 Å². The number of hydrogen-bond donors (Lipinski definition) is 1. The molecule has 6 heteroatoms. The van der Waals surface area contributed by atoms with Crippen LogP contribution in [0.5, 0.6) is 0 Å². The number of benzene rings is 1. The first-order valence-electron chi connectivity index (χ1n) is 7.76. The first-order valence-corrected chi connectivity index (χ1v) is 7.76. The van der Waals surface area contributed by atoms with Crippen LogP contribution in [-0.4, -0.2) is 34.6 Å². The van der Waals surface area contributed by atoms with Crippen molar-refractivity contribution in [3.63, 3.8) is 0 Å². The van der Waals surface area contributed by atoms with Crippen LogP contribution in [-0.2, 0) is 4.79 Å². The SMILES string of the molecule is CC(C)(C)C1CC(C(=O)N(F)c2ccccc2)CCN1C(=O)O. The van der Waals surface area contributed by atoms with Crippen LogP contribution in [0.4, 0.5) is 15.0 Å². The van der Waals surface area contributed by atoms with Crippen LogP contribution in [0.15, 0.2) is 30.3 Å². The molecule has 0 radical (unpaired) electrons. The van der Waals surface area contributed by atoms with Crippen LogP contribution in [0.3, 0.4) is 0 Å². The number of likely N-dealkylation sites (tertiary alicyclic amines) is 1. The van der Waals surface area contributed by atoms with E-state index in [1.54, 1.807) is 18.2 Å². The molecule has 0 bridgehead atoms. The van der Waals surface area contributed by atoms with Crippen LogP contribution in [0.25, 0.3) is 0 Å². The maximum atomic E-state index is 14.3. The third-order valence-corrected chi connectivity index (χ3v) is 4.37. The van der Waals surface area contributed by atoms with Gasteiger partial charge >= 0.3 is 6.09 Å². The minimum Gasteiger partial charge on any atom is -0.465 e. The summed E-state index contributed by atoms with van der Waals surface area (Å²) in [6, 6.07) is 7.84. The fraction of sp³-hybridized carbons (Fsp3) is 0.529. The van der Waals surface area contributed by atoms with Gasteiger partial charge in [0.05, 0.1) is 5.69 Å². The summed E-state index contributed by atoms with van der Waals surface area (Å²) in [6.45, 7) is 6.05. The van der Waals surface area contributed by atoms with Crippen LogP contribution >= 0.6 is 0 Å². The molecule has 0 aromatic heterocycles.